The van der Waals surface area contributed by atoms with Gasteiger partial charge < -0.3 is 5.11 Å². The predicted octanol–water partition coefficient (Wildman–Crippen LogP) is 1.77. The summed E-state index contributed by atoms with van der Waals surface area (Å²) in [5.41, 5.74) is 0. The van der Waals surface area contributed by atoms with E-state index in [0.29, 0.717) is 5.39 Å². The van der Waals surface area contributed by atoms with Crippen molar-refractivity contribution in [3.05, 3.63) is 36.7 Å². The lowest BCUT2D eigenvalue weighted by Crippen LogP contribution is -2.33. The summed E-state index contributed by atoms with van der Waals surface area (Å²) in [7, 11) is -3.70. The Morgan fingerprint density at radius 1 is 1.38 bits per heavy atom. The Balaban J connectivity index is 2.28. The van der Waals surface area contributed by atoms with Crippen molar-refractivity contribution in [1.29, 1.82) is 0 Å². The maximum Gasteiger partial charge on any atom is 0.303 e. The van der Waals surface area contributed by atoms with Gasteiger partial charge in [-0.25, -0.2) is 13.1 Å². The van der Waals surface area contributed by atoms with Gasteiger partial charge in [0.1, 0.15) is 0 Å². The zero-order valence-electron chi connectivity index (χ0n) is 11.5. The van der Waals surface area contributed by atoms with E-state index >= 15 is 0 Å². The molecule has 0 aliphatic carbocycles. The van der Waals surface area contributed by atoms with Crippen molar-refractivity contribution in [1.82, 2.24) is 9.71 Å². The lowest BCUT2D eigenvalue weighted by Gasteiger charge is -2.14. The third kappa shape index (κ3) is 3.77. The smallest absolute Gasteiger partial charge is 0.303 e. The molecule has 2 aromatic rings. The van der Waals surface area contributed by atoms with Gasteiger partial charge in [-0.05, 0) is 25.5 Å². The van der Waals surface area contributed by atoms with Crippen LogP contribution >= 0.6 is 0 Å². The molecule has 0 amide bonds. The van der Waals surface area contributed by atoms with Crippen molar-refractivity contribution >= 4 is 26.8 Å². The molecular weight excluding hydrogens is 292 g/mol. The number of carboxylic acid groups (broad SMARTS) is 1. The molecule has 2 rings (SSSR count). The molecule has 1 heterocycles. The van der Waals surface area contributed by atoms with Gasteiger partial charge in [0.25, 0.3) is 0 Å². The maximum absolute atomic E-state index is 12.4. The lowest BCUT2D eigenvalue weighted by atomic mass is 10.2. The van der Waals surface area contributed by atoms with Crippen molar-refractivity contribution in [3.63, 3.8) is 0 Å². The van der Waals surface area contributed by atoms with E-state index in [1.54, 1.807) is 31.3 Å². The number of nitrogens with zero attached hydrogens (tertiary/aromatic N) is 1. The first-order valence-electron chi connectivity index (χ1n) is 6.47. The Kier molecular flexibility index (Phi) is 4.54. The monoisotopic (exact) mass is 308 g/mol. The molecule has 1 aromatic carbocycles. The second kappa shape index (κ2) is 6.19. The summed E-state index contributed by atoms with van der Waals surface area (Å²) in [6.45, 7) is 1.65. The predicted molar refractivity (Wildman–Crippen MR) is 78.4 cm³/mol. The molecule has 6 nitrogen and oxygen atoms in total. The van der Waals surface area contributed by atoms with Gasteiger partial charge in [0.05, 0.1) is 4.90 Å². The Labute approximate surface area is 122 Å². The average molecular weight is 308 g/mol. The van der Waals surface area contributed by atoms with E-state index in [1.807, 2.05) is 0 Å². The number of aliphatic carboxylic acids is 1. The average Bonchev–Trinajstić information content (AvgIpc) is 2.44. The largest absolute Gasteiger partial charge is 0.481 e. The van der Waals surface area contributed by atoms with Gasteiger partial charge in [-0.1, -0.05) is 12.1 Å². The molecule has 0 saturated heterocycles. The van der Waals surface area contributed by atoms with Crippen LogP contribution in [-0.2, 0) is 14.8 Å². The minimum Gasteiger partial charge on any atom is -0.481 e. The minimum atomic E-state index is -3.70. The van der Waals surface area contributed by atoms with Gasteiger partial charge >= 0.3 is 5.97 Å². The highest BCUT2D eigenvalue weighted by Gasteiger charge is 2.20. The molecule has 112 valence electrons. The summed E-state index contributed by atoms with van der Waals surface area (Å²) in [6, 6.07) is 6.15. The standard InChI is InChI=1S/C14H16N2O4S/c1-10(5-6-14(17)18)16-21(19,20)13-4-2-3-11-9-15-8-7-12(11)13/h2-4,7-10,16H,5-6H2,1H3,(H,17,18). The van der Waals surface area contributed by atoms with Crippen molar-refractivity contribution < 1.29 is 18.3 Å². The number of benzene rings is 1. The van der Waals surface area contributed by atoms with E-state index in [2.05, 4.69) is 9.71 Å². The topological polar surface area (TPSA) is 96.4 Å². The number of hydrogen-bond acceptors (Lipinski definition) is 4. The van der Waals surface area contributed by atoms with E-state index in [-0.39, 0.29) is 17.7 Å². The van der Waals surface area contributed by atoms with Crippen LogP contribution in [-0.4, -0.2) is 30.5 Å². The number of pyridine rings is 1. The first-order chi connectivity index (χ1) is 9.90. The summed E-state index contributed by atoms with van der Waals surface area (Å²) in [5, 5.41) is 9.96. The van der Waals surface area contributed by atoms with Crippen molar-refractivity contribution in [2.75, 3.05) is 0 Å². The van der Waals surface area contributed by atoms with Crippen LogP contribution in [0.25, 0.3) is 10.8 Å². The van der Waals surface area contributed by atoms with Crippen molar-refractivity contribution in [2.45, 2.75) is 30.7 Å². The lowest BCUT2D eigenvalue weighted by molar-refractivity contribution is -0.137. The summed E-state index contributed by atoms with van der Waals surface area (Å²) >= 11 is 0. The van der Waals surface area contributed by atoms with E-state index < -0.39 is 22.0 Å². The maximum atomic E-state index is 12.4. The van der Waals surface area contributed by atoms with Gasteiger partial charge in [-0.2, -0.15) is 0 Å². The molecule has 0 aliphatic heterocycles. The van der Waals surface area contributed by atoms with Gasteiger partial charge in [-0.3, -0.25) is 9.78 Å². The number of sulfonamides is 1. The van der Waals surface area contributed by atoms with Crippen LogP contribution in [0.3, 0.4) is 0 Å². The molecule has 21 heavy (non-hydrogen) atoms. The van der Waals surface area contributed by atoms with Gasteiger partial charge in [-0.15, -0.1) is 0 Å². The van der Waals surface area contributed by atoms with Crippen LogP contribution in [0.5, 0.6) is 0 Å². The highest BCUT2D eigenvalue weighted by Crippen LogP contribution is 2.22. The Hall–Kier alpha value is -1.99. The molecule has 0 spiro atoms. The number of rotatable bonds is 6. The first kappa shape index (κ1) is 15.4. The van der Waals surface area contributed by atoms with E-state index in [4.69, 9.17) is 5.11 Å². The third-order valence-electron chi connectivity index (χ3n) is 3.08. The molecular formula is C14H16N2O4S. The Morgan fingerprint density at radius 2 is 2.14 bits per heavy atom. The quantitative estimate of drug-likeness (QED) is 0.847. The molecule has 1 atom stereocenters. The van der Waals surface area contributed by atoms with Gasteiger partial charge in [0.15, 0.2) is 0 Å². The molecule has 0 radical (unpaired) electrons. The number of aromatic nitrogens is 1. The number of carboxylic acids is 1. The fourth-order valence-electron chi connectivity index (χ4n) is 2.05. The van der Waals surface area contributed by atoms with Gasteiger partial charge in [0, 0.05) is 35.6 Å². The second-order valence-corrected chi connectivity index (χ2v) is 6.49. The molecule has 7 heteroatoms. The summed E-state index contributed by atoms with van der Waals surface area (Å²) < 4.78 is 27.4. The van der Waals surface area contributed by atoms with E-state index in [1.165, 1.54) is 12.3 Å². The fourth-order valence-corrected chi connectivity index (χ4v) is 3.56. The molecule has 2 N–H and O–H groups in total. The van der Waals surface area contributed by atoms with Crippen LogP contribution in [0.1, 0.15) is 19.8 Å². The van der Waals surface area contributed by atoms with E-state index in [0.717, 1.165) is 5.39 Å². The highest BCUT2D eigenvalue weighted by atomic mass is 32.2. The number of carbonyl (C=O) groups is 1. The molecule has 1 aromatic heterocycles. The van der Waals surface area contributed by atoms with Gasteiger partial charge in [0.2, 0.25) is 10.0 Å². The SMILES string of the molecule is CC(CCC(=O)O)NS(=O)(=O)c1cccc2cnccc12. The number of fused-ring (bicyclic) bond motifs is 1. The molecule has 1 unspecified atom stereocenters. The fraction of sp³-hybridized carbons (Fsp3) is 0.286. The first-order valence-corrected chi connectivity index (χ1v) is 7.95. The van der Waals surface area contributed by atoms with Crippen molar-refractivity contribution in [3.8, 4) is 0 Å². The van der Waals surface area contributed by atoms with E-state index in [9.17, 15) is 13.2 Å². The zero-order valence-corrected chi connectivity index (χ0v) is 12.3. The summed E-state index contributed by atoms with van der Waals surface area (Å²) in [6.07, 6.45) is 3.29. The minimum absolute atomic E-state index is 0.0802. The normalized spacial score (nSPS) is 13.2. The zero-order chi connectivity index (χ0) is 15.5. The summed E-state index contributed by atoms with van der Waals surface area (Å²) in [5.74, 6) is -0.947. The van der Waals surface area contributed by atoms with Crippen LogP contribution in [0.2, 0.25) is 0 Å². The Morgan fingerprint density at radius 3 is 2.86 bits per heavy atom. The van der Waals surface area contributed by atoms with Crippen molar-refractivity contribution in [2.24, 2.45) is 0 Å². The molecule has 0 bridgehead atoms. The molecule has 0 aliphatic rings. The third-order valence-corrected chi connectivity index (χ3v) is 4.73. The summed E-state index contributed by atoms with van der Waals surface area (Å²) in [4.78, 5) is 14.7. The molecule has 0 fully saturated rings. The Bertz CT molecular complexity index is 753. The number of nitrogens with one attached hydrogen (secondary N) is 1. The van der Waals surface area contributed by atoms with Crippen LogP contribution in [0.15, 0.2) is 41.6 Å². The molecule has 0 saturated carbocycles. The van der Waals surface area contributed by atoms with Crippen LogP contribution in [0, 0.1) is 0 Å². The van der Waals surface area contributed by atoms with Crippen LogP contribution < -0.4 is 4.72 Å². The second-order valence-electron chi connectivity index (χ2n) is 4.81. The number of hydrogen-bond donors (Lipinski definition) is 2. The van der Waals surface area contributed by atoms with Crippen LogP contribution in [0.4, 0.5) is 0 Å². The highest BCUT2D eigenvalue weighted by molar-refractivity contribution is 7.89.